The number of imide groups is 1. The number of benzene rings is 1. The molecule has 156 valence electrons. The molecule has 1 aromatic carbocycles. The van der Waals surface area contributed by atoms with E-state index in [1.807, 2.05) is 0 Å². The zero-order valence-electron chi connectivity index (χ0n) is 16.3. The first-order chi connectivity index (χ1) is 13.9. The Kier molecular flexibility index (Phi) is 6.69. The summed E-state index contributed by atoms with van der Waals surface area (Å²) in [5.41, 5.74) is 1.66. The largest absolute Gasteiger partial charge is 0.482 e. The Morgan fingerprint density at radius 3 is 2.72 bits per heavy atom. The third kappa shape index (κ3) is 5.94. The van der Waals surface area contributed by atoms with Gasteiger partial charge in [0.15, 0.2) is 12.7 Å². The van der Waals surface area contributed by atoms with Gasteiger partial charge in [0, 0.05) is 18.2 Å². The number of fused-ring (bicyclic) bond motifs is 1. The quantitative estimate of drug-likeness (QED) is 0.621. The smallest absolute Gasteiger partial charge is 0.344 e. The van der Waals surface area contributed by atoms with Crippen molar-refractivity contribution < 1.29 is 28.7 Å². The number of hydrogen-bond acceptors (Lipinski definition) is 6. The summed E-state index contributed by atoms with van der Waals surface area (Å²) >= 11 is 0. The molecule has 1 saturated carbocycles. The molecule has 9 heteroatoms. The van der Waals surface area contributed by atoms with Crippen LogP contribution in [0, 0.1) is 0 Å². The van der Waals surface area contributed by atoms with E-state index in [1.54, 1.807) is 18.2 Å². The molecule has 0 saturated heterocycles. The summed E-state index contributed by atoms with van der Waals surface area (Å²) in [4.78, 5) is 47.1. The highest BCUT2D eigenvalue weighted by Crippen LogP contribution is 2.26. The van der Waals surface area contributed by atoms with Crippen LogP contribution < -0.4 is 20.7 Å². The molecule has 1 fully saturated rings. The number of rotatable bonds is 6. The number of amides is 4. The topological polar surface area (TPSA) is 123 Å². The van der Waals surface area contributed by atoms with Gasteiger partial charge in [0.05, 0.1) is 0 Å². The van der Waals surface area contributed by atoms with Gasteiger partial charge in [-0.2, -0.15) is 0 Å². The molecule has 9 nitrogen and oxygen atoms in total. The summed E-state index contributed by atoms with van der Waals surface area (Å²) in [6.45, 7) is 1.01. The molecule has 1 aliphatic carbocycles. The molecule has 29 heavy (non-hydrogen) atoms. The van der Waals surface area contributed by atoms with Crippen LogP contribution in [0.5, 0.6) is 5.75 Å². The first kappa shape index (κ1) is 20.6. The molecule has 3 N–H and O–H groups in total. The van der Waals surface area contributed by atoms with Crippen molar-refractivity contribution in [1.29, 1.82) is 0 Å². The van der Waals surface area contributed by atoms with E-state index >= 15 is 0 Å². The Bertz CT molecular complexity index is 803. The lowest BCUT2D eigenvalue weighted by Gasteiger charge is -2.18. The zero-order chi connectivity index (χ0) is 20.8. The summed E-state index contributed by atoms with van der Waals surface area (Å²) in [6, 6.07) is 4.61. The maximum atomic E-state index is 12.0. The molecule has 0 aromatic heterocycles. The fourth-order valence-corrected chi connectivity index (χ4v) is 3.38. The van der Waals surface area contributed by atoms with Gasteiger partial charge in [0.2, 0.25) is 5.91 Å². The highest BCUT2D eigenvalue weighted by Gasteiger charge is 2.23. The van der Waals surface area contributed by atoms with Crippen molar-refractivity contribution in [2.24, 2.45) is 0 Å². The molecule has 3 rings (SSSR count). The van der Waals surface area contributed by atoms with Gasteiger partial charge < -0.3 is 20.1 Å². The van der Waals surface area contributed by atoms with Gasteiger partial charge in [-0.25, -0.2) is 9.59 Å². The van der Waals surface area contributed by atoms with Crippen molar-refractivity contribution in [2.45, 2.75) is 57.6 Å². The van der Waals surface area contributed by atoms with Crippen molar-refractivity contribution >= 4 is 29.5 Å². The number of anilines is 1. The van der Waals surface area contributed by atoms with E-state index < -0.39 is 24.0 Å². The average Bonchev–Trinajstić information content (AvgIpc) is 3.19. The number of urea groups is 1. The van der Waals surface area contributed by atoms with Crippen LogP contribution >= 0.6 is 0 Å². The molecular weight excluding hydrogens is 378 g/mol. The van der Waals surface area contributed by atoms with Crippen molar-refractivity contribution in [2.75, 3.05) is 11.9 Å². The Balaban J connectivity index is 1.41. The number of nitrogens with one attached hydrogen (secondary N) is 3. The van der Waals surface area contributed by atoms with Crippen LogP contribution in [-0.4, -0.2) is 42.6 Å². The molecule has 0 spiro atoms. The minimum Gasteiger partial charge on any atom is -0.482 e. The van der Waals surface area contributed by atoms with Gasteiger partial charge in [-0.1, -0.05) is 12.8 Å². The maximum absolute atomic E-state index is 12.0. The Hall–Kier alpha value is -3.10. The van der Waals surface area contributed by atoms with Crippen molar-refractivity contribution in [3.05, 3.63) is 23.8 Å². The van der Waals surface area contributed by atoms with E-state index in [-0.39, 0.29) is 18.6 Å². The normalized spacial score (nSPS) is 16.9. The maximum Gasteiger partial charge on any atom is 0.344 e. The highest BCUT2D eigenvalue weighted by molar-refractivity contribution is 5.97. The van der Waals surface area contributed by atoms with Crippen molar-refractivity contribution in [3.63, 3.8) is 0 Å². The average molecular weight is 403 g/mol. The fourth-order valence-electron chi connectivity index (χ4n) is 3.38. The number of ether oxygens (including phenoxy) is 2. The van der Waals surface area contributed by atoms with Crippen LogP contribution in [-0.2, 0) is 25.5 Å². The number of carbonyl (C=O) groups is 4. The van der Waals surface area contributed by atoms with E-state index in [9.17, 15) is 19.2 Å². The van der Waals surface area contributed by atoms with Gasteiger partial charge in [0.1, 0.15) is 5.75 Å². The molecule has 1 atom stereocenters. The molecule has 1 aromatic rings. The lowest BCUT2D eigenvalue weighted by Crippen LogP contribution is -2.47. The second kappa shape index (κ2) is 9.40. The molecule has 0 radical (unpaired) electrons. The lowest BCUT2D eigenvalue weighted by atomic mass is 10.0. The van der Waals surface area contributed by atoms with Gasteiger partial charge in [-0.3, -0.25) is 14.9 Å². The minimum absolute atomic E-state index is 0.0288. The van der Waals surface area contributed by atoms with Crippen LogP contribution in [0.4, 0.5) is 10.5 Å². The SMILES string of the molecule is CC(OC(=O)COc1ccc2c(c1)CCC(=O)N2)C(=O)NC(=O)NC1CCCC1. The standard InChI is InChI=1S/C20H25N3O6/c1-12(19(26)23-20(27)21-14-4-2-3-5-14)29-18(25)11-28-15-7-8-16-13(10-15)6-9-17(24)22-16/h7-8,10,12,14H,2-6,9,11H2,1H3,(H,22,24)(H2,21,23,26,27). The number of esters is 1. The lowest BCUT2D eigenvalue weighted by molar-refractivity contribution is -0.156. The Morgan fingerprint density at radius 2 is 1.97 bits per heavy atom. The van der Waals surface area contributed by atoms with E-state index in [0.717, 1.165) is 36.9 Å². The second-order valence-corrected chi connectivity index (χ2v) is 7.23. The van der Waals surface area contributed by atoms with E-state index in [1.165, 1.54) is 6.92 Å². The second-order valence-electron chi connectivity index (χ2n) is 7.23. The predicted octanol–water partition coefficient (Wildman–Crippen LogP) is 1.65. The van der Waals surface area contributed by atoms with Crippen LogP contribution in [0.15, 0.2) is 18.2 Å². The predicted molar refractivity (Wildman–Crippen MR) is 103 cm³/mol. The van der Waals surface area contributed by atoms with Crippen LogP contribution in [0.3, 0.4) is 0 Å². The molecular formula is C20H25N3O6. The first-order valence-corrected chi connectivity index (χ1v) is 9.77. The highest BCUT2D eigenvalue weighted by atomic mass is 16.6. The minimum atomic E-state index is -1.13. The van der Waals surface area contributed by atoms with E-state index in [0.29, 0.717) is 18.6 Å². The van der Waals surface area contributed by atoms with Gasteiger partial charge in [0.25, 0.3) is 5.91 Å². The van der Waals surface area contributed by atoms with Crippen LogP contribution in [0.2, 0.25) is 0 Å². The zero-order valence-corrected chi connectivity index (χ0v) is 16.3. The van der Waals surface area contributed by atoms with E-state index in [4.69, 9.17) is 9.47 Å². The Morgan fingerprint density at radius 1 is 1.21 bits per heavy atom. The first-order valence-electron chi connectivity index (χ1n) is 9.77. The van der Waals surface area contributed by atoms with Crippen molar-refractivity contribution in [3.8, 4) is 5.75 Å². The third-order valence-electron chi connectivity index (χ3n) is 4.93. The monoisotopic (exact) mass is 403 g/mol. The van der Waals surface area contributed by atoms with Gasteiger partial charge in [-0.15, -0.1) is 0 Å². The number of hydrogen-bond donors (Lipinski definition) is 3. The number of carbonyl (C=O) groups excluding carboxylic acids is 4. The Labute approximate surface area is 168 Å². The molecule has 1 unspecified atom stereocenters. The van der Waals surface area contributed by atoms with Gasteiger partial charge in [-0.05, 0) is 49.9 Å². The molecule has 1 aliphatic heterocycles. The molecule has 0 bridgehead atoms. The summed E-state index contributed by atoms with van der Waals surface area (Å²) in [7, 11) is 0. The number of aryl methyl sites for hydroxylation is 1. The summed E-state index contributed by atoms with van der Waals surface area (Å²) in [5.74, 6) is -0.989. The molecule has 4 amide bonds. The summed E-state index contributed by atoms with van der Waals surface area (Å²) < 4.78 is 10.4. The van der Waals surface area contributed by atoms with Gasteiger partial charge >= 0.3 is 12.0 Å². The third-order valence-corrected chi connectivity index (χ3v) is 4.93. The van der Waals surface area contributed by atoms with Crippen molar-refractivity contribution in [1.82, 2.24) is 10.6 Å². The van der Waals surface area contributed by atoms with Crippen LogP contribution in [0.1, 0.15) is 44.6 Å². The molecule has 1 heterocycles. The fraction of sp³-hybridized carbons (Fsp3) is 0.500. The van der Waals surface area contributed by atoms with E-state index in [2.05, 4.69) is 16.0 Å². The van der Waals surface area contributed by atoms with Crippen LogP contribution in [0.25, 0.3) is 0 Å². The summed E-state index contributed by atoms with van der Waals surface area (Å²) in [6.07, 6.45) is 3.80. The summed E-state index contributed by atoms with van der Waals surface area (Å²) in [5, 5.41) is 7.68. The molecule has 2 aliphatic rings.